The molecule has 3 heteroatoms. The number of benzene rings is 1. The molecule has 0 spiro atoms. The first-order valence-corrected chi connectivity index (χ1v) is 4.30. The predicted octanol–water partition coefficient (Wildman–Crippen LogP) is 2.38. The molecule has 70 valence electrons. The van der Waals surface area contributed by atoms with Crippen molar-refractivity contribution in [2.24, 2.45) is 0 Å². The maximum Gasteiger partial charge on any atom is 0.164 e. The maximum absolute atomic E-state index is 12.8. The van der Waals surface area contributed by atoms with Gasteiger partial charge in [-0.3, -0.25) is 0 Å². The van der Waals surface area contributed by atoms with Gasteiger partial charge < -0.3 is 9.47 Å². The molecule has 13 heavy (non-hydrogen) atoms. The summed E-state index contributed by atoms with van der Waals surface area (Å²) in [5.41, 5.74) is 0. The lowest BCUT2D eigenvalue weighted by molar-refractivity contribution is 0.280. The van der Waals surface area contributed by atoms with Gasteiger partial charge in [-0.2, -0.15) is 0 Å². The Morgan fingerprint density at radius 2 is 2.08 bits per heavy atom. The Morgan fingerprint density at radius 3 is 2.69 bits per heavy atom. The third-order valence-electron chi connectivity index (χ3n) is 1.94. The highest BCUT2D eigenvalue weighted by molar-refractivity contribution is 5.40. The number of hydrogen-bond donors (Lipinski definition) is 0. The minimum atomic E-state index is -0.295. The Hall–Kier alpha value is -1.25. The fraction of sp³-hybridized carbons (Fsp3) is 0.400. The van der Waals surface area contributed by atoms with Crippen LogP contribution in [0.2, 0.25) is 0 Å². The molecule has 0 amide bonds. The van der Waals surface area contributed by atoms with Gasteiger partial charge in [0.15, 0.2) is 11.5 Å². The molecule has 0 saturated heterocycles. The van der Waals surface area contributed by atoms with Crippen LogP contribution >= 0.6 is 0 Å². The number of rotatable bonds is 3. The van der Waals surface area contributed by atoms with Crippen LogP contribution < -0.4 is 9.47 Å². The van der Waals surface area contributed by atoms with Crippen LogP contribution in [0.25, 0.3) is 0 Å². The molecule has 0 bridgehead atoms. The Bertz CT molecular complexity index is 308. The van der Waals surface area contributed by atoms with Crippen LogP contribution in [0.1, 0.15) is 12.8 Å². The van der Waals surface area contributed by atoms with Crippen LogP contribution in [0.15, 0.2) is 18.2 Å². The van der Waals surface area contributed by atoms with Crippen LogP contribution in [0.5, 0.6) is 11.5 Å². The summed E-state index contributed by atoms with van der Waals surface area (Å²) in [5, 5.41) is 0. The number of ether oxygens (including phenoxy) is 2. The number of halogens is 1. The molecule has 1 fully saturated rings. The monoisotopic (exact) mass is 182 g/mol. The summed E-state index contributed by atoms with van der Waals surface area (Å²) in [6.45, 7) is 0. The highest BCUT2D eigenvalue weighted by Gasteiger charge is 2.24. The first-order valence-electron chi connectivity index (χ1n) is 4.30. The quantitative estimate of drug-likeness (QED) is 0.714. The summed E-state index contributed by atoms with van der Waals surface area (Å²) in [6.07, 6.45) is 2.37. The molecule has 0 heterocycles. The van der Waals surface area contributed by atoms with Gasteiger partial charge in [0, 0.05) is 6.07 Å². The Labute approximate surface area is 76.3 Å². The van der Waals surface area contributed by atoms with Crippen molar-refractivity contribution in [2.45, 2.75) is 18.9 Å². The van der Waals surface area contributed by atoms with Gasteiger partial charge in [0.1, 0.15) is 5.82 Å². The molecule has 1 saturated carbocycles. The lowest BCUT2D eigenvalue weighted by Gasteiger charge is -2.09. The van der Waals surface area contributed by atoms with E-state index < -0.39 is 0 Å². The molecule has 0 radical (unpaired) electrons. The van der Waals surface area contributed by atoms with Gasteiger partial charge in [-0.15, -0.1) is 0 Å². The minimum absolute atomic E-state index is 0.260. The van der Waals surface area contributed by atoms with Crippen LogP contribution in [0.4, 0.5) is 4.39 Å². The summed E-state index contributed by atoms with van der Waals surface area (Å²) < 4.78 is 23.3. The summed E-state index contributed by atoms with van der Waals surface area (Å²) in [4.78, 5) is 0. The summed E-state index contributed by atoms with van der Waals surface area (Å²) in [6, 6.07) is 4.29. The topological polar surface area (TPSA) is 18.5 Å². The van der Waals surface area contributed by atoms with Crippen molar-refractivity contribution in [3.8, 4) is 11.5 Å². The average Bonchev–Trinajstić information content (AvgIpc) is 2.89. The summed E-state index contributed by atoms with van der Waals surface area (Å²) in [5.74, 6) is 0.801. The largest absolute Gasteiger partial charge is 0.493 e. The molecule has 0 aromatic heterocycles. The van der Waals surface area contributed by atoms with Gasteiger partial charge in [-0.25, -0.2) is 4.39 Å². The van der Waals surface area contributed by atoms with Crippen LogP contribution in [0, 0.1) is 5.82 Å². The van der Waals surface area contributed by atoms with E-state index in [0.29, 0.717) is 11.5 Å². The highest BCUT2D eigenvalue weighted by Crippen LogP contribution is 2.33. The van der Waals surface area contributed by atoms with E-state index in [1.54, 1.807) is 13.2 Å². The van der Waals surface area contributed by atoms with E-state index in [4.69, 9.17) is 9.47 Å². The van der Waals surface area contributed by atoms with Crippen molar-refractivity contribution in [3.05, 3.63) is 24.0 Å². The van der Waals surface area contributed by atoms with Crippen LogP contribution in [0.3, 0.4) is 0 Å². The van der Waals surface area contributed by atoms with E-state index in [1.165, 1.54) is 12.1 Å². The highest BCUT2D eigenvalue weighted by atomic mass is 19.1. The van der Waals surface area contributed by atoms with E-state index >= 15 is 0 Å². The molecular formula is C10H11FO2. The normalized spacial score (nSPS) is 15.5. The van der Waals surface area contributed by atoms with Crippen LogP contribution in [-0.4, -0.2) is 13.2 Å². The molecule has 2 rings (SSSR count). The van der Waals surface area contributed by atoms with E-state index in [-0.39, 0.29) is 11.9 Å². The van der Waals surface area contributed by atoms with Gasteiger partial charge in [0.05, 0.1) is 13.2 Å². The van der Waals surface area contributed by atoms with Gasteiger partial charge >= 0.3 is 0 Å². The molecule has 0 N–H and O–H groups in total. The molecule has 2 nitrogen and oxygen atoms in total. The zero-order valence-corrected chi connectivity index (χ0v) is 7.42. The van der Waals surface area contributed by atoms with Gasteiger partial charge in [0.25, 0.3) is 0 Å². The van der Waals surface area contributed by atoms with Crippen molar-refractivity contribution < 1.29 is 13.9 Å². The maximum atomic E-state index is 12.8. The van der Waals surface area contributed by atoms with Crippen molar-refractivity contribution >= 4 is 0 Å². The SMILES string of the molecule is COc1ccc(F)cc1OC1CC1. The molecule has 0 unspecified atom stereocenters. The first kappa shape index (κ1) is 8.35. The van der Waals surface area contributed by atoms with Crippen molar-refractivity contribution in [1.82, 2.24) is 0 Å². The second-order valence-corrected chi connectivity index (χ2v) is 3.11. The molecule has 1 aliphatic rings. The van der Waals surface area contributed by atoms with E-state index in [9.17, 15) is 4.39 Å². The molecular weight excluding hydrogens is 171 g/mol. The average molecular weight is 182 g/mol. The fourth-order valence-electron chi connectivity index (χ4n) is 1.11. The summed E-state index contributed by atoms with van der Waals surface area (Å²) in [7, 11) is 1.55. The third kappa shape index (κ3) is 1.91. The van der Waals surface area contributed by atoms with Gasteiger partial charge in [-0.05, 0) is 25.0 Å². The molecule has 0 aliphatic heterocycles. The fourth-order valence-corrected chi connectivity index (χ4v) is 1.11. The molecule has 1 aromatic rings. The standard InChI is InChI=1S/C10H11FO2/c1-12-9-5-2-7(11)6-10(9)13-8-3-4-8/h2,5-6,8H,3-4H2,1H3. The van der Waals surface area contributed by atoms with E-state index in [1.807, 2.05) is 0 Å². The second-order valence-electron chi connectivity index (χ2n) is 3.11. The smallest absolute Gasteiger partial charge is 0.164 e. The van der Waals surface area contributed by atoms with Gasteiger partial charge in [0.2, 0.25) is 0 Å². The third-order valence-corrected chi connectivity index (χ3v) is 1.94. The lowest BCUT2D eigenvalue weighted by Crippen LogP contribution is -1.98. The second kappa shape index (κ2) is 3.24. The van der Waals surface area contributed by atoms with Crippen LogP contribution in [-0.2, 0) is 0 Å². The first-order chi connectivity index (χ1) is 6.29. The Kier molecular flexibility index (Phi) is 2.08. The number of methoxy groups -OCH3 is 1. The molecule has 0 atom stereocenters. The zero-order chi connectivity index (χ0) is 9.26. The van der Waals surface area contributed by atoms with Crippen molar-refractivity contribution in [2.75, 3.05) is 7.11 Å². The molecule has 1 aromatic carbocycles. The minimum Gasteiger partial charge on any atom is -0.493 e. The zero-order valence-electron chi connectivity index (χ0n) is 7.42. The van der Waals surface area contributed by atoms with Crippen molar-refractivity contribution in [1.29, 1.82) is 0 Å². The Morgan fingerprint density at radius 1 is 1.31 bits per heavy atom. The predicted molar refractivity (Wildman–Crippen MR) is 46.6 cm³/mol. The van der Waals surface area contributed by atoms with Gasteiger partial charge in [-0.1, -0.05) is 0 Å². The Balaban J connectivity index is 2.22. The van der Waals surface area contributed by atoms with Crippen molar-refractivity contribution in [3.63, 3.8) is 0 Å². The molecule has 1 aliphatic carbocycles. The van der Waals surface area contributed by atoms with E-state index in [0.717, 1.165) is 12.8 Å². The lowest BCUT2D eigenvalue weighted by atomic mass is 10.3. The number of hydrogen-bond acceptors (Lipinski definition) is 2. The summed E-state index contributed by atoms with van der Waals surface area (Å²) >= 11 is 0. The van der Waals surface area contributed by atoms with E-state index in [2.05, 4.69) is 0 Å².